The fourth-order valence-electron chi connectivity index (χ4n) is 3.72. The van der Waals surface area contributed by atoms with Gasteiger partial charge < -0.3 is 10.1 Å². The number of hydrogen-bond acceptors (Lipinski definition) is 2. The van der Waals surface area contributed by atoms with E-state index in [4.69, 9.17) is 16.3 Å². The highest BCUT2D eigenvalue weighted by atomic mass is 35.5. The molecule has 0 aliphatic heterocycles. The summed E-state index contributed by atoms with van der Waals surface area (Å²) >= 11 is 5.95. The van der Waals surface area contributed by atoms with Crippen molar-refractivity contribution in [2.24, 2.45) is 11.8 Å². The van der Waals surface area contributed by atoms with E-state index < -0.39 is 6.10 Å². The SMILES string of the molecule is CC[C@@H](Oc1cccc(Cl)c1)C(=O)N[C@H]1C[C@@H]2CC[C@@H]1C2. The first-order chi connectivity index (χ1) is 10.2. The van der Waals surface area contributed by atoms with Crippen molar-refractivity contribution in [3.05, 3.63) is 29.3 Å². The summed E-state index contributed by atoms with van der Waals surface area (Å²) in [6.45, 7) is 1.97. The summed E-state index contributed by atoms with van der Waals surface area (Å²) in [5.41, 5.74) is 0. The Morgan fingerprint density at radius 2 is 2.29 bits per heavy atom. The summed E-state index contributed by atoms with van der Waals surface area (Å²) in [6.07, 6.45) is 5.25. The third-order valence-electron chi connectivity index (χ3n) is 4.80. The van der Waals surface area contributed by atoms with Crippen molar-refractivity contribution in [1.82, 2.24) is 5.32 Å². The van der Waals surface area contributed by atoms with E-state index in [1.165, 1.54) is 19.3 Å². The normalized spacial score (nSPS) is 28.4. The quantitative estimate of drug-likeness (QED) is 0.898. The lowest BCUT2D eigenvalue weighted by Crippen LogP contribution is -2.45. The lowest BCUT2D eigenvalue weighted by Gasteiger charge is -2.25. The predicted molar refractivity (Wildman–Crippen MR) is 83.5 cm³/mol. The molecule has 1 N–H and O–H groups in total. The lowest BCUT2D eigenvalue weighted by atomic mass is 9.95. The van der Waals surface area contributed by atoms with Crippen molar-refractivity contribution in [1.29, 1.82) is 0 Å². The Bertz CT molecular complexity index is 519. The van der Waals surface area contributed by atoms with Gasteiger partial charge in [-0.2, -0.15) is 0 Å². The molecule has 0 heterocycles. The molecule has 0 spiro atoms. The molecule has 1 aromatic rings. The molecule has 2 bridgehead atoms. The van der Waals surface area contributed by atoms with Crippen LogP contribution in [0.1, 0.15) is 39.0 Å². The molecule has 2 aliphatic carbocycles. The van der Waals surface area contributed by atoms with Crippen LogP contribution in [-0.4, -0.2) is 18.1 Å². The number of nitrogens with one attached hydrogen (secondary N) is 1. The van der Waals surface area contributed by atoms with Crippen LogP contribution >= 0.6 is 11.6 Å². The van der Waals surface area contributed by atoms with Gasteiger partial charge >= 0.3 is 0 Å². The number of hydrogen-bond donors (Lipinski definition) is 1. The monoisotopic (exact) mass is 307 g/mol. The maximum atomic E-state index is 12.4. The molecule has 2 aliphatic rings. The van der Waals surface area contributed by atoms with Gasteiger partial charge in [-0.05, 0) is 55.7 Å². The maximum absolute atomic E-state index is 12.4. The Morgan fingerprint density at radius 3 is 2.90 bits per heavy atom. The topological polar surface area (TPSA) is 38.3 Å². The first-order valence-electron chi connectivity index (χ1n) is 7.88. The molecule has 114 valence electrons. The van der Waals surface area contributed by atoms with E-state index in [0.29, 0.717) is 29.2 Å². The van der Waals surface area contributed by atoms with Crippen molar-refractivity contribution in [2.75, 3.05) is 0 Å². The van der Waals surface area contributed by atoms with E-state index in [9.17, 15) is 4.79 Å². The van der Waals surface area contributed by atoms with Crippen LogP contribution in [0.5, 0.6) is 5.75 Å². The Kier molecular flexibility index (Phi) is 4.39. The van der Waals surface area contributed by atoms with Crippen molar-refractivity contribution in [3.63, 3.8) is 0 Å². The zero-order chi connectivity index (χ0) is 14.8. The van der Waals surface area contributed by atoms with Crippen LogP contribution < -0.4 is 10.1 Å². The number of carbonyl (C=O) groups is 1. The molecule has 2 saturated carbocycles. The van der Waals surface area contributed by atoms with Gasteiger partial charge in [-0.1, -0.05) is 31.0 Å². The molecule has 0 aromatic heterocycles. The van der Waals surface area contributed by atoms with Crippen LogP contribution in [0.15, 0.2) is 24.3 Å². The molecule has 0 saturated heterocycles. The van der Waals surface area contributed by atoms with Gasteiger partial charge in [0, 0.05) is 11.1 Å². The second-order valence-electron chi connectivity index (χ2n) is 6.26. The number of benzene rings is 1. The Balaban J connectivity index is 1.59. The van der Waals surface area contributed by atoms with Crippen molar-refractivity contribution in [2.45, 2.75) is 51.2 Å². The van der Waals surface area contributed by atoms with Gasteiger partial charge in [-0.3, -0.25) is 4.79 Å². The summed E-state index contributed by atoms with van der Waals surface area (Å²) in [5, 5.41) is 3.82. The third-order valence-corrected chi connectivity index (χ3v) is 5.04. The molecular weight excluding hydrogens is 286 g/mol. The molecular formula is C17H22ClNO2. The highest BCUT2D eigenvalue weighted by molar-refractivity contribution is 6.30. The fraction of sp³-hybridized carbons (Fsp3) is 0.588. The van der Waals surface area contributed by atoms with Crippen LogP contribution in [-0.2, 0) is 4.79 Å². The minimum Gasteiger partial charge on any atom is -0.481 e. The molecule has 2 fully saturated rings. The van der Waals surface area contributed by atoms with Crippen LogP contribution in [0.25, 0.3) is 0 Å². The minimum absolute atomic E-state index is 0.00928. The van der Waals surface area contributed by atoms with Crippen molar-refractivity contribution < 1.29 is 9.53 Å². The molecule has 1 amide bonds. The summed E-state index contributed by atoms with van der Waals surface area (Å²) in [5.74, 6) is 2.17. The second-order valence-corrected chi connectivity index (χ2v) is 6.70. The Morgan fingerprint density at radius 1 is 1.43 bits per heavy atom. The highest BCUT2D eigenvalue weighted by Gasteiger charge is 2.40. The van der Waals surface area contributed by atoms with Crippen LogP contribution in [0.2, 0.25) is 5.02 Å². The van der Waals surface area contributed by atoms with Gasteiger partial charge in [0.25, 0.3) is 5.91 Å². The first-order valence-corrected chi connectivity index (χ1v) is 8.26. The van der Waals surface area contributed by atoms with E-state index in [-0.39, 0.29) is 5.91 Å². The molecule has 4 heteroatoms. The predicted octanol–water partition coefficient (Wildman–Crippen LogP) is 3.80. The largest absolute Gasteiger partial charge is 0.481 e. The number of ether oxygens (including phenoxy) is 1. The summed E-state index contributed by atoms with van der Waals surface area (Å²) in [4.78, 5) is 12.4. The average Bonchev–Trinajstić information content (AvgIpc) is 3.07. The van der Waals surface area contributed by atoms with Gasteiger partial charge in [-0.15, -0.1) is 0 Å². The molecule has 0 radical (unpaired) electrons. The maximum Gasteiger partial charge on any atom is 0.261 e. The summed E-state index contributed by atoms with van der Waals surface area (Å²) < 4.78 is 5.80. The highest BCUT2D eigenvalue weighted by Crippen LogP contribution is 2.44. The van der Waals surface area contributed by atoms with Crippen LogP contribution in [0.4, 0.5) is 0 Å². The van der Waals surface area contributed by atoms with E-state index in [1.54, 1.807) is 12.1 Å². The third kappa shape index (κ3) is 3.34. The van der Waals surface area contributed by atoms with E-state index in [0.717, 1.165) is 12.3 Å². The van der Waals surface area contributed by atoms with Gasteiger partial charge in [0.15, 0.2) is 6.10 Å². The van der Waals surface area contributed by atoms with Crippen molar-refractivity contribution >= 4 is 17.5 Å². The lowest BCUT2D eigenvalue weighted by molar-refractivity contribution is -0.129. The first kappa shape index (κ1) is 14.7. The molecule has 21 heavy (non-hydrogen) atoms. The van der Waals surface area contributed by atoms with E-state index in [2.05, 4.69) is 5.32 Å². The van der Waals surface area contributed by atoms with Crippen LogP contribution in [0, 0.1) is 11.8 Å². The summed E-state index contributed by atoms with van der Waals surface area (Å²) in [6, 6.07) is 7.56. The molecule has 3 rings (SSSR count). The standard InChI is InChI=1S/C17H22ClNO2/c1-2-16(21-14-5-3-4-13(18)10-14)17(20)19-15-9-11-6-7-12(15)8-11/h3-5,10-12,15-16H,2,6-9H2,1H3,(H,19,20)/t11-,12-,15+,16-/m1/s1. The number of amides is 1. The minimum atomic E-state index is -0.442. The van der Waals surface area contributed by atoms with Gasteiger partial charge in [0.2, 0.25) is 0 Å². The average molecular weight is 308 g/mol. The van der Waals surface area contributed by atoms with Gasteiger partial charge in [0.05, 0.1) is 0 Å². The van der Waals surface area contributed by atoms with Crippen LogP contribution in [0.3, 0.4) is 0 Å². The van der Waals surface area contributed by atoms with E-state index >= 15 is 0 Å². The molecule has 0 unspecified atom stereocenters. The zero-order valence-electron chi connectivity index (χ0n) is 12.3. The number of halogens is 1. The summed E-state index contributed by atoms with van der Waals surface area (Å²) in [7, 11) is 0. The number of carbonyl (C=O) groups excluding carboxylic acids is 1. The van der Waals surface area contributed by atoms with Crippen molar-refractivity contribution in [3.8, 4) is 5.75 Å². The molecule has 4 atom stereocenters. The molecule has 3 nitrogen and oxygen atoms in total. The zero-order valence-corrected chi connectivity index (χ0v) is 13.1. The van der Waals surface area contributed by atoms with Gasteiger partial charge in [0.1, 0.15) is 5.75 Å². The number of rotatable bonds is 5. The Hall–Kier alpha value is -1.22. The Labute approximate surface area is 131 Å². The second kappa shape index (κ2) is 6.27. The molecule has 1 aromatic carbocycles. The smallest absolute Gasteiger partial charge is 0.261 e. The fourth-order valence-corrected chi connectivity index (χ4v) is 3.90. The van der Waals surface area contributed by atoms with Gasteiger partial charge in [-0.25, -0.2) is 0 Å². The number of fused-ring (bicyclic) bond motifs is 2. The van der Waals surface area contributed by atoms with E-state index in [1.807, 2.05) is 19.1 Å².